The van der Waals surface area contributed by atoms with E-state index in [-0.39, 0.29) is 5.75 Å². The summed E-state index contributed by atoms with van der Waals surface area (Å²) in [7, 11) is -2.74. The molecule has 1 heterocycles. The lowest BCUT2D eigenvalue weighted by Gasteiger charge is -2.06. The summed E-state index contributed by atoms with van der Waals surface area (Å²) in [6.07, 6.45) is 0.743. The number of aliphatic carboxylic acids is 1. The summed E-state index contributed by atoms with van der Waals surface area (Å²) in [5.74, 6) is -0.922. The Balaban J connectivity index is 2.25. The number of benzene rings is 1. The van der Waals surface area contributed by atoms with Gasteiger partial charge >= 0.3 is 11.2 Å². The Labute approximate surface area is 108 Å². The molecule has 0 aromatic heterocycles. The van der Waals surface area contributed by atoms with E-state index in [1.807, 2.05) is 0 Å². The number of aliphatic imine (C=N–C) groups is 1. The molecule has 0 aliphatic carbocycles. The van der Waals surface area contributed by atoms with Gasteiger partial charge < -0.3 is 14.6 Å². The van der Waals surface area contributed by atoms with E-state index in [0.29, 0.717) is 5.75 Å². The Morgan fingerprint density at radius 1 is 1.32 bits per heavy atom. The van der Waals surface area contributed by atoms with Gasteiger partial charge in [-0.15, -0.1) is 0 Å². The van der Waals surface area contributed by atoms with Gasteiger partial charge in [0.2, 0.25) is 0 Å². The molecule has 1 aliphatic rings. The molecule has 8 heteroatoms. The number of ether oxygens (including phenoxy) is 2. The zero-order chi connectivity index (χ0) is 14.0. The molecule has 0 radical (unpaired) electrons. The lowest BCUT2D eigenvalue weighted by molar-refractivity contribution is -0.131. The summed E-state index contributed by atoms with van der Waals surface area (Å²) >= 11 is 0. The molecule has 19 heavy (non-hydrogen) atoms. The van der Waals surface area contributed by atoms with Crippen LogP contribution in [-0.2, 0) is 14.6 Å². The van der Waals surface area contributed by atoms with Crippen LogP contribution in [0.15, 0.2) is 40.4 Å². The summed E-state index contributed by atoms with van der Waals surface area (Å²) in [5.41, 5.74) is 0. The quantitative estimate of drug-likeness (QED) is 0.879. The molecule has 7 nitrogen and oxygen atoms in total. The maximum absolute atomic E-state index is 11.8. The number of methoxy groups -OCH3 is 1. The van der Waals surface area contributed by atoms with Gasteiger partial charge in [0.25, 0.3) is 9.84 Å². The molecule has 1 aromatic rings. The summed E-state index contributed by atoms with van der Waals surface area (Å²) < 4.78 is 33.5. The van der Waals surface area contributed by atoms with E-state index < -0.39 is 25.9 Å². The average Bonchev–Trinajstić information content (AvgIpc) is 2.65. The summed E-state index contributed by atoms with van der Waals surface area (Å²) in [6.45, 7) is 0. The highest BCUT2D eigenvalue weighted by atomic mass is 32.2. The summed E-state index contributed by atoms with van der Waals surface area (Å²) in [6, 6.07) is 6.21. The highest BCUT2D eigenvalue weighted by molar-refractivity contribution is 8.10. The number of carboxylic acids is 1. The molecule has 2 rings (SSSR count). The second kappa shape index (κ2) is 4.73. The van der Waals surface area contributed by atoms with Gasteiger partial charge in [0, 0.05) is 6.07 Å². The van der Waals surface area contributed by atoms with Crippen molar-refractivity contribution in [2.24, 2.45) is 4.99 Å². The molecule has 0 spiro atoms. The molecular weight excluding hydrogens is 274 g/mol. The van der Waals surface area contributed by atoms with Crippen LogP contribution in [0.2, 0.25) is 0 Å². The maximum atomic E-state index is 11.8. The van der Waals surface area contributed by atoms with Gasteiger partial charge in [0.05, 0.1) is 13.3 Å². The van der Waals surface area contributed by atoms with Crippen LogP contribution in [0.4, 0.5) is 0 Å². The molecule has 0 amide bonds. The van der Waals surface area contributed by atoms with Crippen LogP contribution in [0.3, 0.4) is 0 Å². The molecule has 1 aliphatic heterocycles. The van der Waals surface area contributed by atoms with E-state index in [2.05, 4.69) is 4.99 Å². The van der Waals surface area contributed by atoms with Gasteiger partial charge in [0.1, 0.15) is 11.5 Å². The molecule has 0 saturated carbocycles. The predicted octanol–water partition coefficient (Wildman–Crippen LogP) is 0.784. The van der Waals surface area contributed by atoms with Gasteiger partial charge in [-0.25, -0.2) is 18.2 Å². The fourth-order valence-corrected chi connectivity index (χ4v) is 2.37. The third-order valence-electron chi connectivity index (χ3n) is 2.26. The molecule has 0 bridgehead atoms. The number of rotatable bonds is 3. The van der Waals surface area contributed by atoms with Crippen molar-refractivity contribution in [1.29, 1.82) is 0 Å². The zero-order valence-corrected chi connectivity index (χ0v) is 10.5. The average molecular weight is 283 g/mol. The van der Waals surface area contributed by atoms with E-state index in [1.165, 1.54) is 19.2 Å². The fourth-order valence-electron chi connectivity index (χ4n) is 1.36. The van der Waals surface area contributed by atoms with Crippen LogP contribution in [0, 0.1) is 0 Å². The normalized spacial score (nSPS) is 16.5. The number of carboxylic acid groups (broad SMARTS) is 1. The minimum atomic E-state index is -4.20. The first kappa shape index (κ1) is 13.1. The molecule has 0 unspecified atom stereocenters. The van der Waals surface area contributed by atoms with Gasteiger partial charge in [-0.05, 0) is 12.1 Å². The number of carbonyl (C=O) groups is 1. The van der Waals surface area contributed by atoms with Crippen LogP contribution in [0.25, 0.3) is 0 Å². The predicted molar refractivity (Wildman–Crippen MR) is 65.7 cm³/mol. The monoisotopic (exact) mass is 283 g/mol. The van der Waals surface area contributed by atoms with Crippen LogP contribution in [0.1, 0.15) is 0 Å². The molecule has 0 saturated heterocycles. The molecule has 0 atom stereocenters. The third-order valence-corrected chi connectivity index (χ3v) is 3.77. The van der Waals surface area contributed by atoms with Gasteiger partial charge in [0.15, 0.2) is 4.91 Å². The van der Waals surface area contributed by atoms with E-state index in [4.69, 9.17) is 14.6 Å². The van der Waals surface area contributed by atoms with Crippen molar-refractivity contribution >= 4 is 21.0 Å². The lowest BCUT2D eigenvalue weighted by atomic mass is 10.3. The van der Waals surface area contributed by atoms with Gasteiger partial charge in [-0.3, -0.25) is 0 Å². The Bertz CT molecular complexity index is 689. The maximum Gasteiger partial charge on any atom is 0.349 e. The molecule has 100 valence electrons. The molecule has 0 fully saturated rings. The zero-order valence-electron chi connectivity index (χ0n) is 9.73. The fraction of sp³-hybridized carbons (Fsp3) is 0.0909. The number of hydrogen-bond acceptors (Lipinski definition) is 6. The van der Waals surface area contributed by atoms with Crippen LogP contribution >= 0.6 is 0 Å². The first-order chi connectivity index (χ1) is 8.95. The second-order valence-electron chi connectivity index (χ2n) is 3.48. The van der Waals surface area contributed by atoms with Crippen molar-refractivity contribution in [3.63, 3.8) is 0 Å². The molecular formula is C11H9NO6S. The van der Waals surface area contributed by atoms with Crippen LogP contribution < -0.4 is 9.47 Å². The lowest BCUT2D eigenvalue weighted by Crippen LogP contribution is -2.22. The Morgan fingerprint density at radius 2 is 2.00 bits per heavy atom. The van der Waals surface area contributed by atoms with Crippen molar-refractivity contribution in [2.45, 2.75) is 0 Å². The molecule has 1 aromatic carbocycles. The topological polar surface area (TPSA) is 102 Å². The first-order valence-corrected chi connectivity index (χ1v) is 6.51. The van der Waals surface area contributed by atoms with E-state index in [0.717, 1.165) is 6.20 Å². The Kier molecular flexibility index (Phi) is 3.26. The summed E-state index contributed by atoms with van der Waals surface area (Å²) in [5, 5.41) is 8.05. The highest BCUT2D eigenvalue weighted by Gasteiger charge is 2.36. The van der Waals surface area contributed by atoms with Crippen LogP contribution in [0.5, 0.6) is 11.5 Å². The minimum absolute atomic E-state index is 0.182. The van der Waals surface area contributed by atoms with Gasteiger partial charge in [-0.2, -0.15) is 0 Å². The van der Waals surface area contributed by atoms with E-state index >= 15 is 0 Å². The van der Waals surface area contributed by atoms with Crippen molar-refractivity contribution < 1.29 is 27.8 Å². The summed E-state index contributed by atoms with van der Waals surface area (Å²) in [4.78, 5) is 13.4. The minimum Gasteiger partial charge on any atom is -0.497 e. The highest BCUT2D eigenvalue weighted by Crippen LogP contribution is 2.23. The number of nitrogens with zero attached hydrogens (tertiary/aromatic N) is 1. The van der Waals surface area contributed by atoms with E-state index in [9.17, 15) is 13.2 Å². The smallest absolute Gasteiger partial charge is 0.349 e. The largest absolute Gasteiger partial charge is 0.497 e. The SMILES string of the molecule is COc1cccc(OC2=NC=C(C(=O)O)S2(=O)=O)c1. The van der Waals surface area contributed by atoms with Crippen molar-refractivity contribution in [3.05, 3.63) is 35.4 Å². The Hall–Kier alpha value is -2.35. The standard InChI is InChI=1S/C11H9NO6S/c1-17-7-3-2-4-8(5-7)18-11-12-6-9(10(13)14)19(11,15)16/h2-6H,1H3,(H,13,14). The van der Waals surface area contributed by atoms with Crippen LogP contribution in [-0.4, -0.2) is 31.8 Å². The van der Waals surface area contributed by atoms with Crippen molar-refractivity contribution in [3.8, 4) is 11.5 Å². The first-order valence-electron chi connectivity index (χ1n) is 5.03. The van der Waals surface area contributed by atoms with Crippen molar-refractivity contribution in [2.75, 3.05) is 7.11 Å². The number of sulfone groups is 1. The Morgan fingerprint density at radius 3 is 2.58 bits per heavy atom. The number of hydrogen-bond donors (Lipinski definition) is 1. The second-order valence-corrected chi connectivity index (χ2v) is 5.27. The van der Waals surface area contributed by atoms with Gasteiger partial charge in [-0.1, -0.05) is 6.07 Å². The molecule has 1 N–H and O–H groups in total. The third kappa shape index (κ3) is 2.43. The van der Waals surface area contributed by atoms with E-state index in [1.54, 1.807) is 12.1 Å². The van der Waals surface area contributed by atoms with Crippen molar-refractivity contribution in [1.82, 2.24) is 0 Å².